The fraction of sp³-hybridized carbons (Fsp3) is 0.176. The van der Waals surface area contributed by atoms with Gasteiger partial charge in [0.05, 0.1) is 0 Å². The van der Waals surface area contributed by atoms with E-state index < -0.39 is 6.03 Å². The van der Waals surface area contributed by atoms with Gasteiger partial charge in [-0.2, -0.15) is 0 Å². The van der Waals surface area contributed by atoms with E-state index in [-0.39, 0.29) is 11.6 Å². The maximum atomic E-state index is 13.4. The molecule has 2 aromatic carbocycles. The van der Waals surface area contributed by atoms with Crippen molar-refractivity contribution in [1.29, 1.82) is 0 Å². The van der Waals surface area contributed by atoms with Gasteiger partial charge in [0.15, 0.2) is 5.78 Å². The topological polar surface area (TPSA) is 58.2 Å². The normalized spacial score (nSPS) is 10.1. The van der Waals surface area contributed by atoms with Crippen LogP contribution in [0.4, 0.5) is 20.6 Å². The number of urea groups is 1. The first-order valence-electron chi connectivity index (χ1n) is 6.97. The van der Waals surface area contributed by atoms with E-state index in [2.05, 4.69) is 10.6 Å². The number of ketones is 1. The molecule has 0 unspecified atom stereocenters. The fourth-order valence-corrected chi connectivity index (χ4v) is 1.91. The number of hydrogen-bond donors (Lipinski definition) is 2. The number of amides is 2. The van der Waals surface area contributed by atoms with E-state index in [0.29, 0.717) is 28.9 Å². The summed E-state index contributed by atoms with van der Waals surface area (Å²) in [6.07, 6.45) is 0.437. The van der Waals surface area contributed by atoms with Gasteiger partial charge in [0, 0.05) is 23.4 Å². The number of hydrogen-bond acceptors (Lipinski definition) is 2. The van der Waals surface area contributed by atoms with Gasteiger partial charge in [-0.3, -0.25) is 4.79 Å². The van der Waals surface area contributed by atoms with Gasteiger partial charge in [-0.05, 0) is 48.9 Å². The zero-order chi connectivity index (χ0) is 16.1. The highest BCUT2D eigenvalue weighted by Gasteiger charge is 2.06. The third-order valence-electron chi connectivity index (χ3n) is 3.22. The number of aryl methyl sites for hydroxylation is 1. The number of anilines is 2. The second kappa shape index (κ2) is 6.85. The van der Waals surface area contributed by atoms with Crippen LogP contribution in [-0.2, 0) is 0 Å². The molecule has 0 aliphatic heterocycles. The first-order valence-corrected chi connectivity index (χ1v) is 6.97. The van der Waals surface area contributed by atoms with Crippen LogP contribution in [0.5, 0.6) is 0 Å². The molecule has 0 spiro atoms. The molecule has 0 atom stereocenters. The minimum absolute atomic E-state index is 0.0473. The lowest BCUT2D eigenvalue weighted by atomic mass is 10.1. The van der Waals surface area contributed by atoms with Crippen LogP contribution >= 0.6 is 0 Å². The number of halogens is 1. The van der Waals surface area contributed by atoms with Gasteiger partial charge < -0.3 is 10.6 Å². The van der Waals surface area contributed by atoms with Gasteiger partial charge in [-0.25, -0.2) is 9.18 Å². The summed E-state index contributed by atoms with van der Waals surface area (Å²) in [6, 6.07) is 10.6. The molecule has 0 radical (unpaired) electrons. The van der Waals surface area contributed by atoms with Crippen LogP contribution in [0.15, 0.2) is 42.5 Å². The molecule has 0 aliphatic rings. The van der Waals surface area contributed by atoms with Gasteiger partial charge in [0.1, 0.15) is 5.82 Å². The van der Waals surface area contributed by atoms with Crippen molar-refractivity contribution in [3.05, 3.63) is 59.4 Å². The number of carbonyl (C=O) groups is 2. The summed E-state index contributed by atoms with van der Waals surface area (Å²) >= 11 is 0. The summed E-state index contributed by atoms with van der Waals surface area (Å²) in [5.41, 5.74) is 2.05. The molecule has 2 amide bonds. The average molecular weight is 300 g/mol. The van der Waals surface area contributed by atoms with Crippen LogP contribution in [0.3, 0.4) is 0 Å². The van der Waals surface area contributed by atoms with Crippen LogP contribution in [0.2, 0.25) is 0 Å². The first kappa shape index (κ1) is 15.7. The molecule has 4 nitrogen and oxygen atoms in total. The summed E-state index contributed by atoms with van der Waals surface area (Å²) in [5, 5.41) is 5.17. The molecule has 0 bridgehead atoms. The van der Waals surface area contributed by atoms with E-state index in [1.807, 2.05) is 0 Å². The van der Waals surface area contributed by atoms with Crippen molar-refractivity contribution in [2.75, 3.05) is 10.6 Å². The van der Waals surface area contributed by atoms with E-state index in [9.17, 15) is 14.0 Å². The minimum Gasteiger partial charge on any atom is -0.308 e. The highest BCUT2D eigenvalue weighted by molar-refractivity contribution is 6.00. The highest BCUT2D eigenvalue weighted by atomic mass is 19.1. The Kier molecular flexibility index (Phi) is 4.88. The molecule has 0 aromatic heterocycles. The monoisotopic (exact) mass is 300 g/mol. The Morgan fingerprint density at radius 1 is 1.00 bits per heavy atom. The van der Waals surface area contributed by atoms with E-state index in [0.717, 1.165) is 0 Å². The van der Waals surface area contributed by atoms with Gasteiger partial charge in [-0.15, -0.1) is 0 Å². The highest BCUT2D eigenvalue weighted by Crippen LogP contribution is 2.15. The molecule has 0 aliphatic carbocycles. The van der Waals surface area contributed by atoms with Crippen LogP contribution in [-0.4, -0.2) is 11.8 Å². The van der Waals surface area contributed by atoms with Crippen molar-refractivity contribution in [1.82, 2.24) is 0 Å². The molecule has 114 valence electrons. The lowest BCUT2D eigenvalue weighted by Crippen LogP contribution is -2.19. The second-order valence-electron chi connectivity index (χ2n) is 4.90. The van der Waals surface area contributed by atoms with E-state index in [4.69, 9.17) is 0 Å². The summed E-state index contributed by atoms with van der Waals surface area (Å²) in [4.78, 5) is 23.4. The number of rotatable bonds is 4. The molecule has 22 heavy (non-hydrogen) atoms. The van der Waals surface area contributed by atoms with Gasteiger partial charge in [-0.1, -0.05) is 13.0 Å². The zero-order valence-corrected chi connectivity index (χ0v) is 12.4. The van der Waals surface area contributed by atoms with Gasteiger partial charge in [0.25, 0.3) is 0 Å². The number of benzene rings is 2. The van der Waals surface area contributed by atoms with Crippen LogP contribution in [0, 0.1) is 12.7 Å². The van der Waals surface area contributed by atoms with E-state index in [1.54, 1.807) is 50.2 Å². The van der Waals surface area contributed by atoms with Crippen molar-refractivity contribution in [3.63, 3.8) is 0 Å². The van der Waals surface area contributed by atoms with Crippen LogP contribution in [0.1, 0.15) is 29.3 Å². The predicted molar refractivity (Wildman–Crippen MR) is 84.8 cm³/mol. The smallest absolute Gasteiger partial charge is 0.308 e. The number of carbonyl (C=O) groups excluding carboxylic acids is 2. The van der Waals surface area contributed by atoms with Crippen LogP contribution < -0.4 is 10.6 Å². The maximum absolute atomic E-state index is 13.4. The largest absolute Gasteiger partial charge is 0.323 e. The Labute approximate surface area is 128 Å². The molecule has 2 N–H and O–H groups in total. The quantitative estimate of drug-likeness (QED) is 0.824. The minimum atomic E-state index is -0.474. The van der Waals surface area contributed by atoms with E-state index in [1.165, 1.54) is 6.07 Å². The Hall–Kier alpha value is -2.69. The molecule has 5 heteroatoms. The van der Waals surface area contributed by atoms with Crippen LogP contribution in [0.25, 0.3) is 0 Å². The van der Waals surface area contributed by atoms with Crippen molar-refractivity contribution < 1.29 is 14.0 Å². The Bertz CT molecular complexity index is 696. The molecule has 2 rings (SSSR count). The third-order valence-corrected chi connectivity index (χ3v) is 3.22. The maximum Gasteiger partial charge on any atom is 0.323 e. The summed E-state index contributed by atoms with van der Waals surface area (Å²) in [6.45, 7) is 3.45. The second-order valence-corrected chi connectivity index (χ2v) is 4.90. The molecular weight excluding hydrogens is 283 g/mol. The van der Waals surface area contributed by atoms with Crippen molar-refractivity contribution >= 4 is 23.2 Å². The lowest BCUT2D eigenvalue weighted by molar-refractivity contribution is 0.0988. The average Bonchev–Trinajstić information content (AvgIpc) is 2.51. The number of nitrogens with one attached hydrogen (secondary N) is 2. The Morgan fingerprint density at radius 2 is 1.59 bits per heavy atom. The summed E-state index contributed by atoms with van der Waals surface area (Å²) < 4.78 is 13.4. The van der Waals surface area contributed by atoms with Crippen molar-refractivity contribution in [2.45, 2.75) is 20.3 Å². The number of Topliss-reactive ketones (excluding diaryl/α,β-unsaturated/α-hetero) is 1. The van der Waals surface area contributed by atoms with Gasteiger partial charge >= 0.3 is 6.03 Å². The molecule has 0 saturated heterocycles. The Balaban J connectivity index is 1.99. The predicted octanol–water partition coefficient (Wildman–Crippen LogP) is 4.37. The molecule has 0 fully saturated rings. The van der Waals surface area contributed by atoms with Crippen molar-refractivity contribution in [3.8, 4) is 0 Å². The van der Waals surface area contributed by atoms with Gasteiger partial charge in [0.2, 0.25) is 0 Å². The summed E-state index contributed by atoms with van der Waals surface area (Å²) in [7, 11) is 0. The lowest BCUT2D eigenvalue weighted by Gasteiger charge is -2.09. The van der Waals surface area contributed by atoms with E-state index >= 15 is 0 Å². The van der Waals surface area contributed by atoms with Crippen molar-refractivity contribution in [2.24, 2.45) is 0 Å². The first-order chi connectivity index (χ1) is 10.5. The fourth-order valence-electron chi connectivity index (χ4n) is 1.91. The zero-order valence-electron chi connectivity index (χ0n) is 12.4. The summed E-state index contributed by atoms with van der Waals surface area (Å²) in [5.74, 6) is -0.327. The molecule has 0 saturated carbocycles. The SMILES string of the molecule is CCC(=O)c1ccc(NC(=O)Nc2ccc(C)c(F)c2)cc1. The molecule has 0 heterocycles. The third kappa shape index (κ3) is 3.91. The standard InChI is InChI=1S/C17H17FN2O2/c1-3-16(21)12-5-8-13(9-6-12)19-17(22)20-14-7-4-11(2)15(18)10-14/h4-10H,3H2,1-2H3,(H2,19,20,22). The molecular formula is C17H17FN2O2. The molecule has 2 aromatic rings. The Morgan fingerprint density at radius 3 is 2.18 bits per heavy atom.